The van der Waals surface area contributed by atoms with E-state index in [2.05, 4.69) is 5.32 Å². The lowest BCUT2D eigenvalue weighted by Crippen LogP contribution is -2.41. The van der Waals surface area contributed by atoms with Crippen LogP contribution in [0.25, 0.3) is 0 Å². The van der Waals surface area contributed by atoms with E-state index < -0.39 is 10.0 Å². The monoisotopic (exact) mass is 448 g/mol. The highest BCUT2D eigenvalue weighted by Crippen LogP contribution is 2.32. The Hall–Kier alpha value is -2.78. The summed E-state index contributed by atoms with van der Waals surface area (Å²) < 4.78 is 43.5. The Morgan fingerprint density at radius 1 is 0.968 bits per heavy atom. The molecule has 1 amide bonds. The zero-order valence-corrected chi connectivity index (χ0v) is 19.0. The fourth-order valence-corrected chi connectivity index (χ4v) is 5.34. The SMILES string of the molecule is COc1ccc(OC)c(NC(=O)C2CCN(S(=O)(=O)c3cc(C)ccc3OC)CC2)c1. The van der Waals surface area contributed by atoms with Gasteiger partial charge in [-0.25, -0.2) is 8.42 Å². The number of ether oxygens (including phenoxy) is 3. The maximum Gasteiger partial charge on any atom is 0.246 e. The average molecular weight is 449 g/mol. The van der Waals surface area contributed by atoms with Crippen molar-refractivity contribution in [1.29, 1.82) is 0 Å². The molecule has 0 radical (unpaired) electrons. The molecule has 0 aliphatic carbocycles. The molecule has 1 N–H and O–H groups in total. The fourth-order valence-electron chi connectivity index (χ4n) is 3.63. The van der Waals surface area contributed by atoms with Gasteiger partial charge in [-0.1, -0.05) is 6.07 Å². The molecule has 0 bridgehead atoms. The first-order chi connectivity index (χ1) is 14.8. The van der Waals surface area contributed by atoms with Crippen molar-refractivity contribution in [3.05, 3.63) is 42.0 Å². The number of carbonyl (C=O) groups is 1. The number of hydrogen-bond donors (Lipinski definition) is 1. The summed E-state index contributed by atoms with van der Waals surface area (Å²) in [5.74, 6) is 0.971. The van der Waals surface area contributed by atoms with Gasteiger partial charge in [-0.3, -0.25) is 4.79 Å². The summed E-state index contributed by atoms with van der Waals surface area (Å²) in [6.07, 6.45) is 0.844. The molecule has 0 unspecified atom stereocenters. The Kier molecular flexibility index (Phi) is 7.07. The standard InChI is InChI=1S/C22H28N2O6S/c1-15-5-7-20(30-4)21(13-15)31(26,27)24-11-9-16(10-12-24)22(25)23-18-14-17(28-2)6-8-19(18)29-3/h5-8,13-14,16H,9-12H2,1-4H3,(H,23,25). The molecular formula is C22H28N2O6S. The van der Waals surface area contributed by atoms with Crippen molar-refractivity contribution >= 4 is 21.6 Å². The molecule has 168 valence electrons. The molecule has 3 rings (SSSR count). The van der Waals surface area contributed by atoms with Gasteiger partial charge in [0.25, 0.3) is 0 Å². The van der Waals surface area contributed by atoms with Crippen LogP contribution in [0, 0.1) is 12.8 Å². The second-order valence-electron chi connectivity index (χ2n) is 7.39. The van der Waals surface area contributed by atoms with E-state index in [0.29, 0.717) is 35.8 Å². The minimum atomic E-state index is -3.71. The van der Waals surface area contributed by atoms with Crippen LogP contribution in [0.4, 0.5) is 5.69 Å². The molecule has 1 heterocycles. The largest absolute Gasteiger partial charge is 0.497 e. The summed E-state index contributed by atoms with van der Waals surface area (Å²) in [4.78, 5) is 13.0. The van der Waals surface area contributed by atoms with Gasteiger partial charge < -0.3 is 19.5 Å². The number of amides is 1. The number of sulfonamides is 1. The number of rotatable bonds is 7. The fraction of sp³-hybridized carbons (Fsp3) is 0.409. The Morgan fingerprint density at radius 3 is 2.23 bits per heavy atom. The van der Waals surface area contributed by atoms with Gasteiger partial charge in [-0.15, -0.1) is 0 Å². The van der Waals surface area contributed by atoms with E-state index in [1.165, 1.54) is 18.5 Å². The van der Waals surface area contributed by atoms with Crippen LogP contribution in [0.15, 0.2) is 41.3 Å². The maximum atomic E-state index is 13.2. The predicted molar refractivity (Wildman–Crippen MR) is 117 cm³/mol. The summed E-state index contributed by atoms with van der Waals surface area (Å²) in [7, 11) is 0.813. The van der Waals surface area contributed by atoms with E-state index in [9.17, 15) is 13.2 Å². The number of nitrogens with one attached hydrogen (secondary N) is 1. The summed E-state index contributed by atoms with van der Waals surface area (Å²) in [5.41, 5.74) is 1.35. The number of anilines is 1. The molecular weight excluding hydrogens is 420 g/mol. The third kappa shape index (κ3) is 4.94. The molecule has 31 heavy (non-hydrogen) atoms. The molecule has 2 aromatic carbocycles. The summed E-state index contributed by atoms with van der Waals surface area (Å²) in [6.45, 7) is 2.35. The van der Waals surface area contributed by atoms with Gasteiger partial charge >= 0.3 is 0 Å². The molecule has 9 heteroatoms. The quantitative estimate of drug-likeness (QED) is 0.700. The van der Waals surface area contributed by atoms with Crippen LogP contribution in [0.1, 0.15) is 18.4 Å². The van der Waals surface area contributed by atoms with Gasteiger partial charge in [0.2, 0.25) is 15.9 Å². The molecule has 1 saturated heterocycles. The van der Waals surface area contributed by atoms with Crippen LogP contribution >= 0.6 is 0 Å². The van der Waals surface area contributed by atoms with Crippen molar-refractivity contribution in [2.45, 2.75) is 24.7 Å². The first-order valence-corrected chi connectivity index (χ1v) is 11.4. The second kappa shape index (κ2) is 9.57. The van der Waals surface area contributed by atoms with E-state index in [4.69, 9.17) is 14.2 Å². The van der Waals surface area contributed by atoms with Crippen LogP contribution in [-0.2, 0) is 14.8 Å². The first kappa shape index (κ1) is 22.9. The number of aryl methyl sites for hydroxylation is 1. The topological polar surface area (TPSA) is 94.2 Å². The molecule has 2 aromatic rings. The summed E-state index contributed by atoms with van der Waals surface area (Å²) in [6, 6.07) is 10.2. The predicted octanol–water partition coefficient (Wildman–Crippen LogP) is 3.06. The highest BCUT2D eigenvalue weighted by molar-refractivity contribution is 7.89. The third-order valence-corrected chi connectivity index (χ3v) is 7.35. The number of carbonyl (C=O) groups excluding carboxylic acids is 1. The Bertz CT molecular complexity index is 1050. The molecule has 1 fully saturated rings. The molecule has 0 aromatic heterocycles. The van der Waals surface area contributed by atoms with Crippen molar-refractivity contribution in [3.8, 4) is 17.2 Å². The van der Waals surface area contributed by atoms with Crippen molar-refractivity contribution < 1.29 is 27.4 Å². The summed E-state index contributed by atoms with van der Waals surface area (Å²) in [5, 5.41) is 2.88. The summed E-state index contributed by atoms with van der Waals surface area (Å²) >= 11 is 0. The van der Waals surface area contributed by atoms with Crippen molar-refractivity contribution in [2.75, 3.05) is 39.7 Å². The van der Waals surface area contributed by atoms with Crippen molar-refractivity contribution in [3.63, 3.8) is 0 Å². The van der Waals surface area contributed by atoms with Gasteiger partial charge in [0, 0.05) is 25.1 Å². The number of methoxy groups -OCH3 is 3. The molecule has 1 aliphatic rings. The van der Waals surface area contributed by atoms with Crippen molar-refractivity contribution in [2.24, 2.45) is 5.92 Å². The second-order valence-corrected chi connectivity index (χ2v) is 9.29. The Labute approximate surface area is 183 Å². The number of hydrogen-bond acceptors (Lipinski definition) is 6. The minimum Gasteiger partial charge on any atom is -0.497 e. The Morgan fingerprint density at radius 2 is 1.61 bits per heavy atom. The van der Waals surface area contributed by atoms with E-state index in [-0.39, 0.29) is 29.8 Å². The van der Waals surface area contributed by atoms with E-state index in [1.54, 1.807) is 43.5 Å². The molecule has 0 atom stereocenters. The third-order valence-electron chi connectivity index (χ3n) is 5.43. The molecule has 1 aliphatic heterocycles. The van der Waals surface area contributed by atoms with Gasteiger partial charge in [0.05, 0.1) is 27.0 Å². The molecule has 8 nitrogen and oxygen atoms in total. The van der Waals surface area contributed by atoms with E-state index in [0.717, 1.165) is 5.56 Å². The van der Waals surface area contributed by atoms with E-state index in [1.807, 2.05) is 6.92 Å². The molecule has 0 spiro atoms. The number of nitrogens with zero attached hydrogens (tertiary/aromatic N) is 1. The van der Waals surface area contributed by atoms with Crippen LogP contribution in [-0.4, -0.2) is 53.0 Å². The normalized spacial score (nSPS) is 15.4. The smallest absolute Gasteiger partial charge is 0.246 e. The van der Waals surface area contributed by atoms with Gasteiger partial charge in [0.1, 0.15) is 22.1 Å². The van der Waals surface area contributed by atoms with Crippen LogP contribution < -0.4 is 19.5 Å². The molecule has 0 saturated carbocycles. The zero-order valence-electron chi connectivity index (χ0n) is 18.2. The van der Waals surface area contributed by atoms with E-state index >= 15 is 0 Å². The number of piperidine rings is 1. The first-order valence-electron chi connectivity index (χ1n) is 9.97. The Balaban J connectivity index is 1.70. The maximum absolute atomic E-state index is 13.2. The van der Waals surface area contributed by atoms with Crippen LogP contribution in [0.5, 0.6) is 17.2 Å². The average Bonchev–Trinajstić information content (AvgIpc) is 2.79. The van der Waals surface area contributed by atoms with Gasteiger partial charge in [-0.05, 0) is 49.6 Å². The lowest BCUT2D eigenvalue weighted by Gasteiger charge is -2.31. The van der Waals surface area contributed by atoms with Crippen LogP contribution in [0.3, 0.4) is 0 Å². The lowest BCUT2D eigenvalue weighted by atomic mass is 9.97. The van der Waals surface area contributed by atoms with Crippen molar-refractivity contribution in [1.82, 2.24) is 4.31 Å². The highest BCUT2D eigenvalue weighted by atomic mass is 32.2. The van der Waals surface area contributed by atoms with Gasteiger partial charge in [-0.2, -0.15) is 4.31 Å². The van der Waals surface area contributed by atoms with Crippen LogP contribution in [0.2, 0.25) is 0 Å². The lowest BCUT2D eigenvalue weighted by molar-refractivity contribution is -0.120. The zero-order chi connectivity index (χ0) is 22.6. The van der Waals surface area contributed by atoms with Gasteiger partial charge in [0.15, 0.2) is 0 Å². The minimum absolute atomic E-state index is 0.152. The highest BCUT2D eigenvalue weighted by Gasteiger charge is 2.34. The number of benzene rings is 2.